The minimum Gasteiger partial charge on any atom is -0.300 e. The standard InChI is InChI=1S/C13H17BrCl2N2/c14-12-2-1-11(13(16)9-12)10-18-7-5-17(4-3-15)6-8-18/h1-2,9H,3-8,10H2. The number of alkyl halides is 1. The van der Waals surface area contributed by atoms with Gasteiger partial charge in [0.15, 0.2) is 0 Å². The molecule has 1 saturated heterocycles. The van der Waals surface area contributed by atoms with Crippen molar-refractivity contribution in [2.24, 2.45) is 0 Å². The second-order valence-electron chi connectivity index (χ2n) is 4.54. The Bertz CT molecular complexity index is 393. The maximum absolute atomic E-state index is 6.24. The van der Waals surface area contributed by atoms with Crippen LogP contribution >= 0.6 is 39.1 Å². The Morgan fingerprint density at radius 3 is 2.39 bits per heavy atom. The van der Waals surface area contributed by atoms with Gasteiger partial charge < -0.3 is 0 Å². The van der Waals surface area contributed by atoms with Gasteiger partial charge in [0.25, 0.3) is 0 Å². The molecule has 0 aromatic heterocycles. The van der Waals surface area contributed by atoms with E-state index < -0.39 is 0 Å². The average Bonchev–Trinajstić information content (AvgIpc) is 2.35. The van der Waals surface area contributed by atoms with Crippen LogP contribution < -0.4 is 0 Å². The lowest BCUT2D eigenvalue weighted by Crippen LogP contribution is -2.46. The fourth-order valence-electron chi connectivity index (χ4n) is 2.18. The third-order valence-electron chi connectivity index (χ3n) is 3.27. The molecule has 0 atom stereocenters. The molecule has 0 aliphatic carbocycles. The van der Waals surface area contributed by atoms with Crippen LogP contribution in [0.2, 0.25) is 5.02 Å². The first kappa shape index (κ1) is 14.6. The lowest BCUT2D eigenvalue weighted by Gasteiger charge is -2.34. The van der Waals surface area contributed by atoms with E-state index in [2.05, 4.69) is 31.8 Å². The van der Waals surface area contributed by atoms with Crippen LogP contribution in [0, 0.1) is 0 Å². The van der Waals surface area contributed by atoms with E-state index in [4.69, 9.17) is 23.2 Å². The van der Waals surface area contributed by atoms with Crippen LogP contribution in [0.25, 0.3) is 0 Å². The van der Waals surface area contributed by atoms with Crippen molar-refractivity contribution in [2.45, 2.75) is 6.54 Å². The average molecular weight is 352 g/mol. The molecule has 1 heterocycles. The summed E-state index contributed by atoms with van der Waals surface area (Å²) in [7, 11) is 0. The van der Waals surface area contributed by atoms with Crippen molar-refractivity contribution in [1.29, 1.82) is 0 Å². The molecule has 1 aromatic rings. The van der Waals surface area contributed by atoms with E-state index in [0.717, 1.165) is 54.6 Å². The summed E-state index contributed by atoms with van der Waals surface area (Å²) in [6.07, 6.45) is 0. The molecule has 0 bridgehead atoms. The van der Waals surface area contributed by atoms with Crippen molar-refractivity contribution >= 4 is 39.1 Å². The molecule has 2 rings (SSSR count). The zero-order chi connectivity index (χ0) is 13.0. The molecular formula is C13H17BrCl2N2. The number of hydrogen-bond acceptors (Lipinski definition) is 2. The third kappa shape index (κ3) is 4.10. The molecule has 1 aliphatic rings. The highest BCUT2D eigenvalue weighted by Gasteiger charge is 2.17. The van der Waals surface area contributed by atoms with Crippen molar-refractivity contribution < 1.29 is 0 Å². The van der Waals surface area contributed by atoms with E-state index in [9.17, 15) is 0 Å². The number of halogens is 3. The summed E-state index contributed by atoms with van der Waals surface area (Å²) in [5.74, 6) is 0.721. The highest BCUT2D eigenvalue weighted by molar-refractivity contribution is 9.10. The summed E-state index contributed by atoms with van der Waals surface area (Å²) >= 11 is 15.4. The summed E-state index contributed by atoms with van der Waals surface area (Å²) in [6.45, 7) is 6.30. The van der Waals surface area contributed by atoms with Gasteiger partial charge in [-0.05, 0) is 17.7 Å². The summed E-state index contributed by atoms with van der Waals surface area (Å²) in [4.78, 5) is 4.85. The predicted molar refractivity (Wildman–Crippen MR) is 81.6 cm³/mol. The Morgan fingerprint density at radius 2 is 1.78 bits per heavy atom. The zero-order valence-corrected chi connectivity index (χ0v) is 13.3. The second-order valence-corrected chi connectivity index (χ2v) is 6.24. The van der Waals surface area contributed by atoms with Gasteiger partial charge in [-0.3, -0.25) is 9.80 Å². The molecule has 18 heavy (non-hydrogen) atoms. The largest absolute Gasteiger partial charge is 0.300 e. The van der Waals surface area contributed by atoms with Gasteiger partial charge >= 0.3 is 0 Å². The van der Waals surface area contributed by atoms with Crippen LogP contribution in [0.1, 0.15) is 5.56 Å². The van der Waals surface area contributed by atoms with Gasteiger partial charge in [0, 0.05) is 54.6 Å². The normalized spacial score (nSPS) is 18.2. The van der Waals surface area contributed by atoms with Gasteiger partial charge in [-0.25, -0.2) is 0 Å². The predicted octanol–water partition coefficient (Wildman–Crippen LogP) is 3.46. The molecule has 0 amide bonds. The lowest BCUT2D eigenvalue weighted by atomic mass is 10.2. The first-order valence-electron chi connectivity index (χ1n) is 6.13. The van der Waals surface area contributed by atoms with Crippen LogP contribution in [0.3, 0.4) is 0 Å². The van der Waals surface area contributed by atoms with Crippen molar-refractivity contribution in [3.8, 4) is 0 Å². The van der Waals surface area contributed by atoms with Crippen molar-refractivity contribution in [3.63, 3.8) is 0 Å². The minimum atomic E-state index is 0.721. The summed E-state index contributed by atoms with van der Waals surface area (Å²) in [5, 5.41) is 0.840. The quantitative estimate of drug-likeness (QED) is 0.766. The maximum Gasteiger partial charge on any atom is 0.0462 e. The first-order chi connectivity index (χ1) is 8.69. The zero-order valence-electron chi connectivity index (χ0n) is 10.2. The second kappa shape index (κ2) is 7.11. The maximum atomic E-state index is 6.24. The molecule has 0 N–H and O–H groups in total. The number of rotatable bonds is 4. The molecule has 5 heteroatoms. The van der Waals surface area contributed by atoms with Crippen molar-refractivity contribution in [2.75, 3.05) is 38.6 Å². The lowest BCUT2D eigenvalue weighted by molar-refractivity contribution is 0.132. The van der Waals surface area contributed by atoms with Crippen LogP contribution in [0.4, 0.5) is 0 Å². The van der Waals surface area contributed by atoms with E-state index in [1.807, 2.05) is 12.1 Å². The van der Waals surface area contributed by atoms with Gasteiger partial charge in [0.05, 0.1) is 0 Å². The van der Waals surface area contributed by atoms with Crippen LogP contribution in [0.5, 0.6) is 0 Å². The summed E-state index contributed by atoms with van der Waals surface area (Å²) in [6, 6.07) is 6.10. The van der Waals surface area contributed by atoms with Crippen molar-refractivity contribution in [1.82, 2.24) is 9.80 Å². The van der Waals surface area contributed by atoms with E-state index in [1.165, 1.54) is 5.56 Å². The summed E-state index contributed by atoms with van der Waals surface area (Å²) < 4.78 is 1.03. The first-order valence-corrected chi connectivity index (χ1v) is 7.84. The molecule has 0 unspecified atom stereocenters. The fraction of sp³-hybridized carbons (Fsp3) is 0.538. The molecule has 0 saturated carbocycles. The Morgan fingerprint density at radius 1 is 1.11 bits per heavy atom. The molecule has 0 radical (unpaired) electrons. The van der Waals surface area contributed by atoms with Crippen LogP contribution in [0.15, 0.2) is 22.7 Å². The van der Waals surface area contributed by atoms with Crippen molar-refractivity contribution in [3.05, 3.63) is 33.3 Å². The van der Waals surface area contributed by atoms with Gasteiger partial charge in [-0.15, -0.1) is 11.6 Å². The molecular weight excluding hydrogens is 335 g/mol. The SMILES string of the molecule is ClCCN1CCN(Cc2ccc(Br)cc2Cl)CC1. The Labute approximate surface area is 127 Å². The molecule has 1 aromatic carbocycles. The Kier molecular flexibility index (Phi) is 5.77. The number of benzene rings is 1. The molecule has 2 nitrogen and oxygen atoms in total. The topological polar surface area (TPSA) is 6.48 Å². The number of hydrogen-bond donors (Lipinski definition) is 0. The highest BCUT2D eigenvalue weighted by Crippen LogP contribution is 2.23. The van der Waals surface area contributed by atoms with Gasteiger partial charge in [-0.1, -0.05) is 33.6 Å². The number of nitrogens with zero attached hydrogens (tertiary/aromatic N) is 2. The number of piperazine rings is 1. The third-order valence-corrected chi connectivity index (χ3v) is 4.29. The molecule has 0 spiro atoms. The molecule has 1 fully saturated rings. The van der Waals surface area contributed by atoms with E-state index in [1.54, 1.807) is 0 Å². The van der Waals surface area contributed by atoms with Gasteiger partial charge in [-0.2, -0.15) is 0 Å². The van der Waals surface area contributed by atoms with Crippen LogP contribution in [-0.4, -0.2) is 48.4 Å². The smallest absolute Gasteiger partial charge is 0.0462 e. The summed E-state index contributed by atoms with van der Waals surface area (Å²) in [5.41, 5.74) is 1.20. The monoisotopic (exact) mass is 350 g/mol. The molecule has 100 valence electrons. The fourth-order valence-corrected chi connectivity index (χ4v) is 3.15. The minimum absolute atomic E-state index is 0.721. The van der Waals surface area contributed by atoms with Crippen LogP contribution in [-0.2, 0) is 6.54 Å². The highest BCUT2D eigenvalue weighted by atomic mass is 79.9. The Balaban J connectivity index is 1.87. The van der Waals surface area contributed by atoms with Gasteiger partial charge in [0.2, 0.25) is 0 Å². The Hall–Kier alpha value is 0.200. The molecule has 1 aliphatic heterocycles. The van der Waals surface area contributed by atoms with E-state index >= 15 is 0 Å². The van der Waals surface area contributed by atoms with E-state index in [-0.39, 0.29) is 0 Å². The van der Waals surface area contributed by atoms with E-state index in [0.29, 0.717) is 0 Å². The van der Waals surface area contributed by atoms with Gasteiger partial charge in [0.1, 0.15) is 0 Å².